The van der Waals surface area contributed by atoms with Crippen molar-refractivity contribution in [3.63, 3.8) is 0 Å². The first-order valence-electron chi connectivity index (χ1n) is 31.4. The number of hydrogen-bond acceptors (Lipinski definition) is 6. The molecule has 0 aromatic carbocycles. The molecule has 0 bridgehead atoms. The molecule has 0 heterocycles. The SMILES string of the molecule is CC/C=C\C/C=C\C/C=C\CCCCCC(=O)OCC(COC(=O)CCCCCCCCCCCCC/C=C\C/C=C\CCCCCCC)OC(=O)CCCCCCCCCCC/C=C\CCCCCCCC. The van der Waals surface area contributed by atoms with E-state index in [1.807, 2.05) is 0 Å². The van der Waals surface area contributed by atoms with Crippen LogP contribution < -0.4 is 0 Å². The van der Waals surface area contributed by atoms with Crippen LogP contribution in [0.1, 0.15) is 316 Å². The lowest BCUT2D eigenvalue weighted by molar-refractivity contribution is -0.167. The van der Waals surface area contributed by atoms with E-state index in [9.17, 15) is 14.4 Å². The number of unbranched alkanes of at least 4 members (excludes halogenated alkanes) is 34. The van der Waals surface area contributed by atoms with E-state index < -0.39 is 6.10 Å². The number of ether oxygens (including phenoxy) is 3. The molecule has 0 saturated carbocycles. The van der Waals surface area contributed by atoms with E-state index in [-0.39, 0.29) is 31.1 Å². The summed E-state index contributed by atoms with van der Waals surface area (Å²) in [6.45, 7) is 6.52. The van der Waals surface area contributed by atoms with Crippen LogP contribution in [0, 0.1) is 0 Å². The van der Waals surface area contributed by atoms with Crippen molar-refractivity contribution in [2.45, 2.75) is 322 Å². The summed E-state index contributed by atoms with van der Waals surface area (Å²) in [5, 5.41) is 0. The summed E-state index contributed by atoms with van der Waals surface area (Å²) in [5.74, 6) is -0.907. The average molecular weight is 1020 g/mol. The Bertz CT molecular complexity index is 1360. The number of allylic oxidation sites excluding steroid dienone is 12. The van der Waals surface area contributed by atoms with Crippen LogP contribution in [-0.4, -0.2) is 37.2 Å². The van der Waals surface area contributed by atoms with Gasteiger partial charge in [0.05, 0.1) is 0 Å². The molecule has 0 spiro atoms. The van der Waals surface area contributed by atoms with Crippen molar-refractivity contribution >= 4 is 17.9 Å². The van der Waals surface area contributed by atoms with Gasteiger partial charge in [0.2, 0.25) is 0 Å². The van der Waals surface area contributed by atoms with Gasteiger partial charge in [-0.15, -0.1) is 0 Å². The molecule has 0 aliphatic heterocycles. The molecule has 1 atom stereocenters. The highest BCUT2D eigenvalue weighted by Crippen LogP contribution is 2.16. The molecular formula is C67H118O6. The Kier molecular flexibility index (Phi) is 58.7. The molecular weight excluding hydrogens is 901 g/mol. The zero-order chi connectivity index (χ0) is 52.9. The monoisotopic (exact) mass is 1020 g/mol. The van der Waals surface area contributed by atoms with Crippen molar-refractivity contribution in [2.24, 2.45) is 0 Å². The molecule has 0 N–H and O–H groups in total. The van der Waals surface area contributed by atoms with Gasteiger partial charge in [0, 0.05) is 19.3 Å². The van der Waals surface area contributed by atoms with E-state index in [1.54, 1.807) is 0 Å². The third-order valence-corrected chi connectivity index (χ3v) is 13.7. The summed E-state index contributed by atoms with van der Waals surface area (Å²) in [6, 6.07) is 0. The summed E-state index contributed by atoms with van der Waals surface area (Å²) >= 11 is 0. The number of hydrogen-bond donors (Lipinski definition) is 0. The van der Waals surface area contributed by atoms with Gasteiger partial charge in [-0.05, 0) is 109 Å². The Morgan fingerprint density at radius 1 is 0.288 bits per heavy atom. The van der Waals surface area contributed by atoms with Gasteiger partial charge in [-0.2, -0.15) is 0 Å². The van der Waals surface area contributed by atoms with Crippen LogP contribution in [-0.2, 0) is 28.6 Å². The standard InChI is InChI=1S/C67H118O6/c1-4-7-10-13-16-19-22-25-27-29-31-32-33-34-36-37-39-42-45-48-51-54-57-60-66(69)72-63-64(62-71-65(68)59-56-53-50-47-44-41-24-21-18-15-12-9-6-3)73-67(70)61-58-55-52-49-46-43-40-38-35-30-28-26-23-20-17-14-11-8-5-2/h9,12,18,21-22,25-26,28-29,31,41,44,64H,4-8,10-11,13-17,19-20,23-24,27,30,32-40,42-43,45-63H2,1-3H3/b12-9-,21-18-,25-22-,28-26-,31-29-,44-41-. The van der Waals surface area contributed by atoms with E-state index in [0.29, 0.717) is 19.3 Å². The van der Waals surface area contributed by atoms with Crippen molar-refractivity contribution in [2.75, 3.05) is 13.2 Å². The predicted octanol–water partition coefficient (Wildman–Crippen LogP) is 21.3. The number of carbonyl (C=O) groups excluding carboxylic acids is 3. The average Bonchev–Trinajstić information content (AvgIpc) is 3.39. The minimum absolute atomic E-state index is 0.0854. The van der Waals surface area contributed by atoms with Crippen molar-refractivity contribution in [3.8, 4) is 0 Å². The molecule has 0 rings (SSSR count). The van der Waals surface area contributed by atoms with Crippen molar-refractivity contribution in [3.05, 3.63) is 72.9 Å². The molecule has 0 aliphatic rings. The lowest BCUT2D eigenvalue weighted by Gasteiger charge is -2.18. The summed E-state index contributed by atoms with van der Waals surface area (Å²) in [5.41, 5.74) is 0. The maximum Gasteiger partial charge on any atom is 0.306 e. The summed E-state index contributed by atoms with van der Waals surface area (Å²) in [6.07, 6.45) is 79.1. The lowest BCUT2D eigenvalue weighted by atomic mass is 10.0. The fourth-order valence-electron chi connectivity index (χ4n) is 8.95. The normalized spacial score (nSPS) is 12.5. The molecule has 1 unspecified atom stereocenters. The van der Waals surface area contributed by atoms with Crippen LogP contribution in [0.2, 0.25) is 0 Å². The Morgan fingerprint density at radius 2 is 0.534 bits per heavy atom. The Labute approximate surface area is 453 Å². The van der Waals surface area contributed by atoms with E-state index in [1.165, 1.54) is 186 Å². The highest BCUT2D eigenvalue weighted by molar-refractivity contribution is 5.71. The molecule has 6 heteroatoms. The minimum atomic E-state index is -0.790. The molecule has 0 aromatic rings. The molecule has 73 heavy (non-hydrogen) atoms. The second-order valence-electron chi connectivity index (χ2n) is 20.9. The van der Waals surface area contributed by atoms with Gasteiger partial charge in [-0.1, -0.05) is 261 Å². The van der Waals surface area contributed by atoms with E-state index in [2.05, 4.69) is 93.7 Å². The van der Waals surface area contributed by atoms with Crippen molar-refractivity contribution in [1.29, 1.82) is 0 Å². The Hall–Kier alpha value is -3.15. The highest BCUT2D eigenvalue weighted by atomic mass is 16.6. The van der Waals surface area contributed by atoms with E-state index >= 15 is 0 Å². The van der Waals surface area contributed by atoms with Crippen LogP contribution in [0.25, 0.3) is 0 Å². The van der Waals surface area contributed by atoms with Crippen LogP contribution >= 0.6 is 0 Å². The van der Waals surface area contributed by atoms with Crippen LogP contribution in [0.3, 0.4) is 0 Å². The summed E-state index contributed by atoms with van der Waals surface area (Å²) < 4.78 is 16.9. The third kappa shape index (κ3) is 59.6. The van der Waals surface area contributed by atoms with E-state index in [0.717, 1.165) is 89.9 Å². The van der Waals surface area contributed by atoms with Gasteiger partial charge < -0.3 is 14.2 Å². The van der Waals surface area contributed by atoms with Crippen molar-refractivity contribution in [1.82, 2.24) is 0 Å². The second-order valence-corrected chi connectivity index (χ2v) is 20.9. The van der Waals surface area contributed by atoms with Crippen LogP contribution in [0.15, 0.2) is 72.9 Å². The van der Waals surface area contributed by atoms with Crippen LogP contribution in [0.4, 0.5) is 0 Å². The van der Waals surface area contributed by atoms with Crippen molar-refractivity contribution < 1.29 is 28.6 Å². The maximum atomic E-state index is 12.9. The maximum absolute atomic E-state index is 12.9. The molecule has 0 radical (unpaired) electrons. The topological polar surface area (TPSA) is 78.9 Å². The predicted molar refractivity (Wildman–Crippen MR) is 316 cm³/mol. The molecule has 0 amide bonds. The molecule has 0 saturated heterocycles. The second kappa shape index (κ2) is 61.4. The Morgan fingerprint density at radius 3 is 0.863 bits per heavy atom. The summed E-state index contributed by atoms with van der Waals surface area (Å²) in [7, 11) is 0. The fraction of sp³-hybridized carbons (Fsp3) is 0.776. The van der Waals surface area contributed by atoms with Gasteiger partial charge in [-0.3, -0.25) is 14.4 Å². The lowest BCUT2D eigenvalue weighted by Crippen LogP contribution is -2.30. The number of esters is 3. The molecule has 6 nitrogen and oxygen atoms in total. The third-order valence-electron chi connectivity index (χ3n) is 13.7. The first kappa shape index (κ1) is 69.8. The number of rotatable bonds is 57. The van der Waals surface area contributed by atoms with E-state index in [4.69, 9.17) is 14.2 Å². The first-order chi connectivity index (χ1) is 36.0. The zero-order valence-corrected chi connectivity index (χ0v) is 48.4. The van der Waals surface area contributed by atoms with Gasteiger partial charge in [0.15, 0.2) is 6.10 Å². The smallest absolute Gasteiger partial charge is 0.306 e. The minimum Gasteiger partial charge on any atom is -0.462 e. The largest absolute Gasteiger partial charge is 0.462 e. The Balaban J connectivity index is 4.33. The number of carbonyl (C=O) groups is 3. The van der Waals surface area contributed by atoms with Gasteiger partial charge in [0.25, 0.3) is 0 Å². The fourth-order valence-corrected chi connectivity index (χ4v) is 8.95. The van der Waals surface area contributed by atoms with Gasteiger partial charge in [0.1, 0.15) is 13.2 Å². The zero-order valence-electron chi connectivity index (χ0n) is 48.4. The van der Waals surface area contributed by atoms with Crippen LogP contribution in [0.5, 0.6) is 0 Å². The molecule has 0 aromatic heterocycles. The summed E-state index contributed by atoms with van der Waals surface area (Å²) in [4.78, 5) is 38.3. The molecule has 422 valence electrons. The van der Waals surface area contributed by atoms with Gasteiger partial charge >= 0.3 is 17.9 Å². The molecule has 0 aliphatic carbocycles. The molecule has 0 fully saturated rings. The quantitative estimate of drug-likeness (QED) is 0.0261. The first-order valence-corrected chi connectivity index (χ1v) is 31.4. The highest BCUT2D eigenvalue weighted by Gasteiger charge is 2.19. The van der Waals surface area contributed by atoms with Gasteiger partial charge in [-0.25, -0.2) is 0 Å².